The predicted octanol–water partition coefficient (Wildman–Crippen LogP) is 4.81. The van der Waals surface area contributed by atoms with Crippen LogP contribution in [0, 0.1) is 13.8 Å². The van der Waals surface area contributed by atoms with Gasteiger partial charge >= 0.3 is 0 Å². The maximum absolute atomic E-state index is 13.2. The van der Waals surface area contributed by atoms with E-state index in [1.54, 1.807) is 17.9 Å². The lowest BCUT2D eigenvalue weighted by atomic mass is 10.1. The smallest absolute Gasteiger partial charge is 0.261 e. The van der Waals surface area contributed by atoms with Gasteiger partial charge in [-0.05, 0) is 68.5 Å². The Morgan fingerprint density at radius 2 is 1.90 bits per heavy atom. The van der Waals surface area contributed by atoms with Gasteiger partial charge in [-0.25, -0.2) is 0 Å². The summed E-state index contributed by atoms with van der Waals surface area (Å²) in [5.74, 6) is 0.308. The number of halogens is 1. The summed E-state index contributed by atoms with van der Waals surface area (Å²) in [7, 11) is 0. The van der Waals surface area contributed by atoms with Gasteiger partial charge in [0, 0.05) is 17.6 Å². The van der Waals surface area contributed by atoms with Crippen molar-refractivity contribution in [3.63, 3.8) is 0 Å². The molecule has 2 amide bonds. The van der Waals surface area contributed by atoms with Crippen molar-refractivity contribution in [3.8, 4) is 5.75 Å². The summed E-state index contributed by atoms with van der Waals surface area (Å²) in [6.45, 7) is 5.85. The summed E-state index contributed by atoms with van der Waals surface area (Å²) in [5, 5.41) is 3.70. The van der Waals surface area contributed by atoms with Gasteiger partial charge in [-0.15, -0.1) is 0 Å². The van der Waals surface area contributed by atoms with Gasteiger partial charge in [0.15, 0.2) is 6.61 Å². The summed E-state index contributed by atoms with van der Waals surface area (Å²) >= 11 is 6.13. The minimum atomic E-state index is -0.616. The molecule has 0 spiro atoms. The summed E-state index contributed by atoms with van der Waals surface area (Å²) in [6, 6.07) is 12.8. The number of aryl methyl sites for hydroxylation is 2. The van der Waals surface area contributed by atoms with Gasteiger partial charge in [0.2, 0.25) is 5.91 Å². The maximum atomic E-state index is 13.2. The molecule has 166 valence electrons. The molecule has 1 saturated carbocycles. The van der Waals surface area contributed by atoms with E-state index in [0.29, 0.717) is 10.8 Å². The largest absolute Gasteiger partial charge is 0.483 e. The number of carbonyl (C=O) groups is 2. The monoisotopic (exact) mass is 442 g/mol. The Balaban J connectivity index is 1.73. The van der Waals surface area contributed by atoms with Crippen molar-refractivity contribution < 1.29 is 14.3 Å². The SMILES string of the molecule is Cc1ccc(C)c(OCC(=O)N(Cc2cccc(Cl)c2)[C@H](C)C(=O)NC2CCCC2)c1. The molecule has 0 aromatic heterocycles. The first kappa shape index (κ1) is 23.1. The molecule has 0 saturated heterocycles. The number of amides is 2. The highest BCUT2D eigenvalue weighted by Gasteiger charge is 2.28. The molecule has 1 aliphatic carbocycles. The molecule has 2 aromatic carbocycles. The Kier molecular flexibility index (Phi) is 7.97. The van der Waals surface area contributed by atoms with Crippen LogP contribution in [0.1, 0.15) is 49.3 Å². The fraction of sp³-hybridized carbons (Fsp3) is 0.440. The van der Waals surface area contributed by atoms with Crippen molar-refractivity contribution in [1.82, 2.24) is 10.2 Å². The number of carbonyl (C=O) groups excluding carboxylic acids is 2. The van der Waals surface area contributed by atoms with Gasteiger partial charge in [-0.2, -0.15) is 0 Å². The Morgan fingerprint density at radius 3 is 2.61 bits per heavy atom. The zero-order chi connectivity index (χ0) is 22.4. The average molecular weight is 443 g/mol. The summed E-state index contributed by atoms with van der Waals surface area (Å²) in [5.41, 5.74) is 2.90. The molecule has 6 heteroatoms. The molecule has 31 heavy (non-hydrogen) atoms. The molecule has 0 aliphatic heterocycles. The van der Waals surface area contributed by atoms with Crippen molar-refractivity contribution in [1.29, 1.82) is 0 Å². The molecule has 0 radical (unpaired) electrons. The predicted molar refractivity (Wildman–Crippen MR) is 123 cm³/mol. The van der Waals surface area contributed by atoms with E-state index >= 15 is 0 Å². The highest BCUT2D eigenvalue weighted by Crippen LogP contribution is 2.21. The van der Waals surface area contributed by atoms with E-state index in [1.807, 2.05) is 50.2 Å². The molecular weight excluding hydrogens is 412 g/mol. The second-order valence-electron chi connectivity index (χ2n) is 8.38. The molecule has 1 N–H and O–H groups in total. The van der Waals surface area contributed by atoms with Crippen LogP contribution in [0.15, 0.2) is 42.5 Å². The summed E-state index contributed by atoms with van der Waals surface area (Å²) in [6.07, 6.45) is 4.26. The zero-order valence-corrected chi connectivity index (χ0v) is 19.2. The molecule has 2 aromatic rings. The topological polar surface area (TPSA) is 58.6 Å². The van der Waals surface area contributed by atoms with Gasteiger partial charge < -0.3 is 15.0 Å². The van der Waals surface area contributed by atoms with Gasteiger partial charge in [0.25, 0.3) is 5.91 Å². The Bertz CT molecular complexity index is 925. The van der Waals surface area contributed by atoms with E-state index in [-0.39, 0.29) is 31.0 Å². The van der Waals surface area contributed by atoms with Crippen LogP contribution in [0.4, 0.5) is 0 Å². The average Bonchev–Trinajstić information content (AvgIpc) is 3.25. The normalized spacial score (nSPS) is 14.8. The number of hydrogen-bond donors (Lipinski definition) is 1. The van der Waals surface area contributed by atoms with E-state index in [9.17, 15) is 9.59 Å². The van der Waals surface area contributed by atoms with Crippen LogP contribution < -0.4 is 10.1 Å². The van der Waals surface area contributed by atoms with Crippen LogP contribution in [-0.2, 0) is 16.1 Å². The quantitative estimate of drug-likeness (QED) is 0.638. The van der Waals surface area contributed by atoms with Crippen LogP contribution in [0.2, 0.25) is 5.02 Å². The molecule has 0 heterocycles. The first-order chi connectivity index (χ1) is 14.8. The molecular formula is C25H31ClN2O3. The number of rotatable bonds is 8. The molecule has 0 unspecified atom stereocenters. The Morgan fingerprint density at radius 1 is 1.16 bits per heavy atom. The number of hydrogen-bond acceptors (Lipinski definition) is 3. The number of benzene rings is 2. The number of nitrogens with zero attached hydrogens (tertiary/aromatic N) is 1. The lowest BCUT2D eigenvalue weighted by Gasteiger charge is -2.30. The third-order valence-corrected chi connectivity index (χ3v) is 6.04. The molecule has 3 rings (SSSR count). The summed E-state index contributed by atoms with van der Waals surface area (Å²) in [4.78, 5) is 27.6. The van der Waals surface area contributed by atoms with Gasteiger partial charge in [0.1, 0.15) is 11.8 Å². The fourth-order valence-electron chi connectivity index (χ4n) is 3.89. The van der Waals surface area contributed by atoms with Crippen LogP contribution in [0.5, 0.6) is 5.75 Å². The Hall–Kier alpha value is -2.53. The fourth-order valence-corrected chi connectivity index (χ4v) is 4.10. The standard InChI is InChI=1S/C25H31ClN2O3/c1-17-11-12-18(2)23(13-17)31-16-24(29)28(15-20-7-6-8-21(26)14-20)19(3)25(30)27-22-9-4-5-10-22/h6-8,11-14,19,22H,4-5,9-10,15-16H2,1-3H3,(H,27,30)/t19-/m1/s1. The summed E-state index contributed by atoms with van der Waals surface area (Å²) < 4.78 is 5.84. The molecule has 1 atom stereocenters. The lowest BCUT2D eigenvalue weighted by molar-refractivity contribution is -0.142. The van der Waals surface area contributed by atoms with Crippen LogP contribution >= 0.6 is 11.6 Å². The third kappa shape index (κ3) is 6.47. The first-order valence-corrected chi connectivity index (χ1v) is 11.3. The molecule has 5 nitrogen and oxygen atoms in total. The second-order valence-corrected chi connectivity index (χ2v) is 8.81. The van der Waals surface area contributed by atoms with Crippen molar-refractivity contribution >= 4 is 23.4 Å². The van der Waals surface area contributed by atoms with Gasteiger partial charge in [-0.1, -0.05) is 48.7 Å². The van der Waals surface area contributed by atoms with Crippen LogP contribution in [0.25, 0.3) is 0 Å². The van der Waals surface area contributed by atoms with Crippen molar-refractivity contribution in [2.75, 3.05) is 6.61 Å². The van der Waals surface area contributed by atoms with E-state index in [1.165, 1.54) is 0 Å². The molecule has 0 bridgehead atoms. The third-order valence-electron chi connectivity index (χ3n) is 5.81. The van der Waals surface area contributed by atoms with Gasteiger partial charge in [-0.3, -0.25) is 9.59 Å². The zero-order valence-electron chi connectivity index (χ0n) is 18.5. The van der Waals surface area contributed by atoms with Gasteiger partial charge in [0.05, 0.1) is 0 Å². The highest BCUT2D eigenvalue weighted by atomic mass is 35.5. The molecule has 1 fully saturated rings. The maximum Gasteiger partial charge on any atom is 0.261 e. The van der Waals surface area contributed by atoms with E-state index < -0.39 is 6.04 Å². The minimum Gasteiger partial charge on any atom is -0.483 e. The number of ether oxygens (including phenoxy) is 1. The Labute approximate surface area is 189 Å². The molecule has 1 aliphatic rings. The van der Waals surface area contributed by atoms with Crippen molar-refractivity contribution in [2.24, 2.45) is 0 Å². The van der Waals surface area contributed by atoms with Crippen LogP contribution in [0.3, 0.4) is 0 Å². The first-order valence-electron chi connectivity index (χ1n) is 10.9. The highest BCUT2D eigenvalue weighted by molar-refractivity contribution is 6.30. The number of nitrogens with one attached hydrogen (secondary N) is 1. The van der Waals surface area contributed by atoms with Crippen LogP contribution in [-0.4, -0.2) is 35.4 Å². The van der Waals surface area contributed by atoms with E-state index in [2.05, 4.69) is 5.32 Å². The van der Waals surface area contributed by atoms with Crippen molar-refractivity contribution in [2.45, 2.75) is 65.1 Å². The minimum absolute atomic E-state index is 0.131. The van der Waals surface area contributed by atoms with Crippen molar-refractivity contribution in [3.05, 3.63) is 64.2 Å². The van der Waals surface area contributed by atoms with E-state index in [4.69, 9.17) is 16.3 Å². The second kappa shape index (κ2) is 10.7. The van der Waals surface area contributed by atoms with E-state index in [0.717, 1.165) is 42.4 Å². The lowest BCUT2D eigenvalue weighted by Crippen LogP contribution is -2.50.